The number of aromatic nitrogens is 2. The summed E-state index contributed by atoms with van der Waals surface area (Å²) in [7, 11) is 0. The van der Waals surface area contributed by atoms with Crippen molar-refractivity contribution in [1.82, 2.24) is 9.97 Å². The molecular weight excluding hydrogens is 224 g/mol. The number of ether oxygens (including phenoxy) is 1. The second kappa shape index (κ2) is 4.94. The average molecular weight is 238 g/mol. The Morgan fingerprint density at radius 3 is 2.88 bits per heavy atom. The average Bonchev–Trinajstić information content (AvgIpc) is 2.21. The molecule has 1 saturated carbocycles. The van der Waals surface area contributed by atoms with Crippen molar-refractivity contribution >= 4 is 11.5 Å². The van der Waals surface area contributed by atoms with Crippen LogP contribution in [-0.2, 0) is 0 Å². The quantitative estimate of drug-likeness (QED) is 0.616. The van der Waals surface area contributed by atoms with Crippen molar-refractivity contribution in [3.8, 4) is 5.88 Å². The lowest BCUT2D eigenvalue weighted by Gasteiger charge is -2.24. The Labute approximate surface area is 98.2 Å². The molecule has 1 aliphatic carbocycles. The molecule has 92 valence electrons. The van der Waals surface area contributed by atoms with Crippen LogP contribution in [-0.4, -0.2) is 21.5 Å². The first-order valence-electron chi connectivity index (χ1n) is 5.56. The Balaban J connectivity index is 1.98. The van der Waals surface area contributed by atoms with Gasteiger partial charge in [-0.1, -0.05) is 19.3 Å². The fraction of sp³-hybridized carbons (Fsp3) is 0.600. The molecule has 7 nitrogen and oxygen atoms in total. The van der Waals surface area contributed by atoms with E-state index in [0.717, 1.165) is 6.42 Å². The predicted molar refractivity (Wildman–Crippen MR) is 60.6 cm³/mol. The maximum absolute atomic E-state index is 10.8. The van der Waals surface area contributed by atoms with E-state index >= 15 is 0 Å². The van der Waals surface area contributed by atoms with Gasteiger partial charge in [-0.15, -0.1) is 0 Å². The molecule has 0 radical (unpaired) electrons. The largest absolute Gasteiger partial charge is 0.473 e. The lowest BCUT2D eigenvalue weighted by Crippen LogP contribution is -2.15. The Bertz CT molecular complexity index is 420. The summed E-state index contributed by atoms with van der Waals surface area (Å²) in [5.41, 5.74) is 5.07. The zero-order valence-corrected chi connectivity index (χ0v) is 9.33. The van der Waals surface area contributed by atoms with Gasteiger partial charge in [0.05, 0.1) is 11.5 Å². The first kappa shape index (κ1) is 11.6. The van der Waals surface area contributed by atoms with Gasteiger partial charge in [-0.05, 0) is 12.3 Å². The van der Waals surface area contributed by atoms with Crippen LogP contribution < -0.4 is 10.5 Å². The molecule has 0 saturated heterocycles. The number of rotatable bonds is 5. The summed E-state index contributed by atoms with van der Waals surface area (Å²) in [5.74, 6) is 0.485. The zero-order chi connectivity index (χ0) is 12.3. The molecule has 0 unspecified atom stereocenters. The van der Waals surface area contributed by atoms with Gasteiger partial charge >= 0.3 is 5.69 Å². The lowest BCUT2D eigenvalue weighted by molar-refractivity contribution is -0.385. The summed E-state index contributed by atoms with van der Waals surface area (Å²) < 4.78 is 5.31. The number of hydrogen-bond donors (Lipinski definition) is 1. The highest BCUT2D eigenvalue weighted by Gasteiger charge is 2.23. The Kier molecular flexibility index (Phi) is 3.36. The Hall–Kier alpha value is -1.92. The number of nitro groups is 1. The van der Waals surface area contributed by atoms with Gasteiger partial charge < -0.3 is 10.5 Å². The SMILES string of the molecule is Nc1ncnc(OCCC2CCC2)c1[N+](=O)[O-]. The fourth-order valence-corrected chi connectivity index (χ4v) is 1.76. The van der Waals surface area contributed by atoms with E-state index in [-0.39, 0.29) is 17.4 Å². The molecule has 7 heteroatoms. The normalized spacial score (nSPS) is 15.3. The third kappa shape index (κ3) is 2.61. The molecule has 2 N–H and O–H groups in total. The van der Waals surface area contributed by atoms with E-state index in [9.17, 15) is 10.1 Å². The smallest absolute Gasteiger partial charge is 0.372 e. The maximum atomic E-state index is 10.8. The summed E-state index contributed by atoms with van der Waals surface area (Å²) >= 11 is 0. The molecule has 1 fully saturated rings. The van der Waals surface area contributed by atoms with Crippen molar-refractivity contribution in [2.24, 2.45) is 5.92 Å². The number of hydrogen-bond acceptors (Lipinski definition) is 6. The van der Waals surface area contributed by atoms with E-state index in [1.54, 1.807) is 0 Å². The number of anilines is 1. The standard InChI is InChI=1S/C10H14N4O3/c11-9-8(14(15)16)10(13-6-12-9)17-5-4-7-2-1-3-7/h6-7H,1-5H2,(H2,11,12,13). The molecule has 1 heterocycles. The molecule has 1 aliphatic rings. The molecule has 2 rings (SSSR count). The van der Waals surface area contributed by atoms with Gasteiger partial charge in [0, 0.05) is 0 Å². The Morgan fingerprint density at radius 2 is 2.29 bits per heavy atom. The van der Waals surface area contributed by atoms with Crippen molar-refractivity contribution < 1.29 is 9.66 Å². The van der Waals surface area contributed by atoms with Crippen LogP contribution in [0.4, 0.5) is 11.5 Å². The highest BCUT2D eigenvalue weighted by molar-refractivity contribution is 5.57. The molecule has 1 aromatic rings. The van der Waals surface area contributed by atoms with Crippen molar-refractivity contribution in [3.63, 3.8) is 0 Å². The third-order valence-corrected chi connectivity index (χ3v) is 2.99. The summed E-state index contributed by atoms with van der Waals surface area (Å²) in [6.07, 6.45) is 5.78. The number of nitrogen functional groups attached to an aromatic ring is 1. The van der Waals surface area contributed by atoms with Crippen LogP contribution in [0.3, 0.4) is 0 Å². The maximum Gasteiger partial charge on any atom is 0.372 e. The van der Waals surface area contributed by atoms with Crippen LogP contribution in [0.5, 0.6) is 5.88 Å². The molecular formula is C10H14N4O3. The first-order valence-corrected chi connectivity index (χ1v) is 5.56. The number of nitrogens with two attached hydrogens (primary N) is 1. The van der Waals surface area contributed by atoms with E-state index in [0.29, 0.717) is 12.5 Å². The van der Waals surface area contributed by atoms with Gasteiger partial charge in [0.2, 0.25) is 5.82 Å². The van der Waals surface area contributed by atoms with E-state index in [1.165, 1.54) is 25.6 Å². The van der Waals surface area contributed by atoms with Crippen molar-refractivity contribution in [3.05, 3.63) is 16.4 Å². The van der Waals surface area contributed by atoms with Gasteiger partial charge in [-0.3, -0.25) is 10.1 Å². The molecule has 1 aromatic heterocycles. The van der Waals surface area contributed by atoms with Crippen molar-refractivity contribution in [2.45, 2.75) is 25.7 Å². The van der Waals surface area contributed by atoms with Crippen LogP contribution in [0, 0.1) is 16.0 Å². The minimum atomic E-state index is -0.617. The van der Waals surface area contributed by atoms with Gasteiger partial charge in [-0.2, -0.15) is 4.98 Å². The van der Waals surface area contributed by atoms with Crippen molar-refractivity contribution in [1.29, 1.82) is 0 Å². The zero-order valence-electron chi connectivity index (χ0n) is 9.33. The van der Waals surface area contributed by atoms with E-state index in [2.05, 4.69) is 9.97 Å². The molecule has 0 spiro atoms. The van der Waals surface area contributed by atoms with Crippen LogP contribution in [0.1, 0.15) is 25.7 Å². The third-order valence-electron chi connectivity index (χ3n) is 2.99. The van der Waals surface area contributed by atoms with Crippen LogP contribution in [0.2, 0.25) is 0 Å². The summed E-state index contributed by atoms with van der Waals surface area (Å²) in [4.78, 5) is 17.5. The summed E-state index contributed by atoms with van der Waals surface area (Å²) in [5, 5.41) is 10.8. The second-order valence-corrected chi connectivity index (χ2v) is 4.10. The van der Waals surface area contributed by atoms with E-state index < -0.39 is 4.92 Å². The molecule has 0 aliphatic heterocycles. The second-order valence-electron chi connectivity index (χ2n) is 4.10. The monoisotopic (exact) mass is 238 g/mol. The number of nitrogens with zero attached hydrogens (tertiary/aromatic N) is 3. The predicted octanol–water partition coefficient (Wildman–Crippen LogP) is 1.54. The highest BCUT2D eigenvalue weighted by Crippen LogP contribution is 2.31. The minimum Gasteiger partial charge on any atom is -0.473 e. The Morgan fingerprint density at radius 1 is 1.53 bits per heavy atom. The fourth-order valence-electron chi connectivity index (χ4n) is 1.76. The van der Waals surface area contributed by atoms with Crippen LogP contribution in [0.15, 0.2) is 6.33 Å². The molecule has 0 aromatic carbocycles. The molecule has 0 atom stereocenters. The van der Waals surface area contributed by atoms with Crippen LogP contribution in [0.25, 0.3) is 0 Å². The topological polar surface area (TPSA) is 104 Å². The molecule has 0 bridgehead atoms. The van der Waals surface area contributed by atoms with E-state index in [1.807, 2.05) is 0 Å². The van der Waals surface area contributed by atoms with Crippen LogP contribution >= 0.6 is 0 Å². The highest BCUT2D eigenvalue weighted by atomic mass is 16.6. The lowest BCUT2D eigenvalue weighted by atomic mass is 9.83. The summed E-state index contributed by atoms with van der Waals surface area (Å²) in [6, 6.07) is 0. The molecule has 17 heavy (non-hydrogen) atoms. The van der Waals surface area contributed by atoms with Crippen molar-refractivity contribution in [2.75, 3.05) is 12.3 Å². The van der Waals surface area contributed by atoms with Gasteiger partial charge in [0.15, 0.2) is 0 Å². The van der Waals surface area contributed by atoms with Gasteiger partial charge in [-0.25, -0.2) is 4.98 Å². The minimum absolute atomic E-state index is 0.0400. The first-order chi connectivity index (χ1) is 8.18. The summed E-state index contributed by atoms with van der Waals surface area (Å²) in [6.45, 7) is 0.432. The molecule has 0 amide bonds. The van der Waals surface area contributed by atoms with E-state index in [4.69, 9.17) is 10.5 Å². The van der Waals surface area contributed by atoms with Gasteiger partial charge in [0.1, 0.15) is 6.33 Å². The van der Waals surface area contributed by atoms with Gasteiger partial charge in [0.25, 0.3) is 5.88 Å².